The zero-order valence-corrected chi connectivity index (χ0v) is 5.37. The van der Waals surface area contributed by atoms with Gasteiger partial charge in [-0.2, -0.15) is 0 Å². The standard InChI is InChI=1S/C6H9NO3/c7-5(6(9)10)3-1-2-4-8/h5,8H,3-4,7H2,(H,9,10). The molecule has 0 saturated carbocycles. The highest BCUT2D eigenvalue weighted by Crippen LogP contribution is 1.83. The summed E-state index contributed by atoms with van der Waals surface area (Å²) in [6, 6.07) is -0.945. The number of carboxylic acids is 1. The Labute approximate surface area is 58.7 Å². The lowest BCUT2D eigenvalue weighted by molar-refractivity contribution is -0.138. The molecule has 10 heavy (non-hydrogen) atoms. The van der Waals surface area contributed by atoms with Gasteiger partial charge in [0, 0.05) is 6.42 Å². The molecule has 4 heteroatoms. The molecule has 0 aromatic heterocycles. The van der Waals surface area contributed by atoms with Crippen LogP contribution in [0.25, 0.3) is 0 Å². The third-order valence-corrected chi connectivity index (χ3v) is 0.843. The first-order valence-electron chi connectivity index (χ1n) is 2.73. The highest BCUT2D eigenvalue weighted by atomic mass is 16.4. The van der Waals surface area contributed by atoms with Crippen molar-refractivity contribution < 1.29 is 15.0 Å². The second-order valence-corrected chi connectivity index (χ2v) is 1.66. The summed E-state index contributed by atoms with van der Waals surface area (Å²) in [6.07, 6.45) is 0.0793. The van der Waals surface area contributed by atoms with E-state index in [1.165, 1.54) is 0 Å². The van der Waals surface area contributed by atoms with Crippen molar-refractivity contribution in [1.82, 2.24) is 0 Å². The van der Waals surface area contributed by atoms with E-state index in [0.29, 0.717) is 0 Å². The lowest BCUT2D eigenvalue weighted by Crippen LogP contribution is -2.29. The summed E-state index contributed by atoms with van der Waals surface area (Å²) in [7, 11) is 0. The molecule has 1 atom stereocenters. The summed E-state index contributed by atoms with van der Waals surface area (Å²) in [4.78, 5) is 10.0. The normalized spacial score (nSPS) is 11.4. The molecule has 0 radical (unpaired) electrons. The van der Waals surface area contributed by atoms with Gasteiger partial charge in [-0.05, 0) is 0 Å². The lowest BCUT2D eigenvalue weighted by atomic mass is 10.2. The van der Waals surface area contributed by atoms with Gasteiger partial charge in [0.25, 0.3) is 0 Å². The van der Waals surface area contributed by atoms with Gasteiger partial charge in [0.2, 0.25) is 0 Å². The first-order valence-corrected chi connectivity index (χ1v) is 2.73. The SMILES string of the molecule is NC(CC#CCO)C(=O)O. The van der Waals surface area contributed by atoms with Crippen molar-refractivity contribution in [2.45, 2.75) is 12.5 Å². The van der Waals surface area contributed by atoms with Crippen LogP contribution >= 0.6 is 0 Å². The molecule has 0 bridgehead atoms. The first-order chi connectivity index (χ1) is 4.68. The van der Waals surface area contributed by atoms with Crippen molar-refractivity contribution in [2.75, 3.05) is 6.61 Å². The van der Waals surface area contributed by atoms with Gasteiger partial charge in [0.15, 0.2) is 0 Å². The van der Waals surface area contributed by atoms with Crippen LogP contribution in [0, 0.1) is 11.8 Å². The molecule has 0 aliphatic rings. The van der Waals surface area contributed by atoms with Crippen LogP contribution in [0.1, 0.15) is 6.42 Å². The maximum Gasteiger partial charge on any atom is 0.321 e. The number of aliphatic hydroxyl groups excluding tert-OH is 1. The molecular formula is C6H9NO3. The molecule has 0 aromatic rings. The molecule has 0 saturated heterocycles. The number of hydrogen-bond donors (Lipinski definition) is 3. The zero-order valence-electron chi connectivity index (χ0n) is 5.37. The van der Waals surface area contributed by atoms with E-state index in [1.54, 1.807) is 0 Å². The van der Waals surface area contributed by atoms with Gasteiger partial charge >= 0.3 is 5.97 Å². The number of aliphatic hydroxyl groups is 1. The van der Waals surface area contributed by atoms with Gasteiger partial charge < -0.3 is 15.9 Å². The van der Waals surface area contributed by atoms with Crippen LogP contribution < -0.4 is 5.73 Å². The van der Waals surface area contributed by atoms with Crippen LogP contribution in [0.3, 0.4) is 0 Å². The smallest absolute Gasteiger partial charge is 0.321 e. The van der Waals surface area contributed by atoms with Crippen molar-refractivity contribution in [3.8, 4) is 11.8 Å². The minimum Gasteiger partial charge on any atom is -0.480 e. The molecular weight excluding hydrogens is 134 g/mol. The second-order valence-electron chi connectivity index (χ2n) is 1.66. The van der Waals surface area contributed by atoms with E-state index >= 15 is 0 Å². The number of rotatable bonds is 2. The maximum atomic E-state index is 10.0. The predicted octanol–water partition coefficient (Wildman–Crippen LogP) is -1.22. The Kier molecular flexibility index (Phi) is 4.29. The molecule has 0 rings (SSSR count). The van der Waals surface area contributed by atoms with Gasteiger partial charge in [0.05, 0.1) is 0 Å². The molecule has 0 aliphatic carbocycles. The highest BCUT2D eigenvalue weighted by molar-refractivity contribution is 5.73. The Morgan fingerprint density at radius 2 is 2.20 bits per heavy atom. The van der Waals surface area contributed by atoms with E-state index < -0.39 is 12.0 Å². The molecule has 4 N–H and O–H groups in total. The molecule has 0 amide bonds. The average Bonchev–Trinajstić information content (AvgIpc) is 1.88. The van der Waals surface area contributed by atoms with E-state index in [0.717, 1.165) is 0 Å². The van der Waals surface area contributed by atoms with E-state index in [4.69, 9.17) is 15.9 Å². The third-order valence-electron chi connectivity index (χ3n) is 0.843. The van der Waals surface area contributed by atoms with Gasteiger partial charge in [-0.25, -0.2) is 0 Å². The minimum atomic E-state index is -1.08. The van der Waals surface area contributed by atoms with E-state index in [2.05, 4.69) is 11.8 Å². The summed E-state index contributed by atoms with van der Waals surface area (Å²) < 4.78 is 0. The van der Waals surface area contributed by atoms with Gasteiger partial charge in [-0.15, -0.1) is 0 Å². The Hall–Kier alpha value is -1.05. The number of carboxylic acid groups (broad SMARTS) is 1. The first kappa shape index (κ1) is 8.95. The Bertz CT molecular complexity index is 168. The van der Waals surface area contributed by atoms with Crippen LogP contribution in [0.5, 0.6) is 0 Å². The summed E-state index contributed by atoms with van der Waals surface area (Å²) in [5.74, 6) is 3.63. The van der Waals surface area contributed by atoms with Crippen LogP contribution in [0.2, 0.25) is 0 Å². The minimum absolute atomic E-state index is 0.0793. The van der Waals surface area contributed by atoms with Crippen LogP contribution in [-0.4, -0.2) is 28.8 Å². The fraction of sp³-hybridized carbons (Fsp3) is 0.500. The molecule has 0 aromatic carbocycles. The molecule has 56 valence electrons. The fourth-order valence-corrected chi connectivity index (χ4v) is 0.325. The molecule has 0 fully saturated rings. The number of hydrogen-bond acceptors (Lipinski definition) is 3. The fourth-order valence-electron chi connectivity index (χ4n) is 0.325. The zero-order chi connectivity index (χ0) is 7.98. The number of carbonyl (C=O) groups is 1. The third kappa shape index (κ3) is 3.89. The quantitative estimate of drug-likeness (QED) is 0.423. The molecule has 0 heterocycles. The van der Waals surface area contributed by atoms with Crippen LogP contribution in [0.4, 0.5) is 0 Å². The number of aliphatic carboxylic acids is 1. The highest BCUT2D eigenvalue weighted by Gasteiger charge is 2.07. The lowest BCUT2D eigenvalue weighted by Gasteiger charge is -1.97. The molecule has 0 aliphatic heterocycles. The van der Waals surface area contributed by atoms with Crippen LogP contribution in [-0.2, 0) is 4.79 Å². The summed E-state index contributed by atoms with van der Waals surface area (Å²) in [5, 5.41) is 16.4. The predicted molar refractivity (Wildman–Crippen MR) is 35.1 cm³/mol. The van der Waals surface area contributed by atoms with Gasteiger partial charge in [-0.3, -0.25) is 4.79 Å². The van der Waals surface area contributed by atoms with Gasteiger partial charge in [0.1, 0.15) is 12.6 Å². The summed E-state index contributed by atoms with van der Waals surface area (Å²) >= 11 is 0. The van der Waals surface area contributed by atoms with Gasteiger partial charge in [-0.1, -0.05) is 11.8 Å². The molecule has 0 spiro atoms. The van der Waals surface area contributed by atoms with Crippen molar-refractivity contribution in [3.63, 3.8) is 0 Å². The van der Waals surface area contributed by atoms with Crippen molar-refractivity contribution in [1.29, 1.82) is 0 Å². The van der Waals surface area contributed by atoms with E-state index in [-0.39, 0.29) is 13.0 Å². The van der Waals surface area contributed by atoms with Crippen molar-refractivity contribution in [2.24, 2.45) is 5.73 Å². The second kappa shape index (κ2) is 4.79. The Balaban J connectivity index is 3.58. The van der Waals surface area contributed by atoms with E-state index in [1.807, 2.05) is 0 Å². The maximum absolute atomic E-state index is 10.0. The van der Waals surface area contributed by atoms with Crippen LogP contribution in [0.15, 0.2) is 0 Å². The van der Waals surface area contributed by atoms with Crippen molar-refractivity contribution in [3.05, 3.63) is 0 Å². The molecule has 4 nitrogen and oxygen atoms in total. The van der Waals surface area contributed by atoms with E-state index in [9.17, 15) is 4.79 Å². The largest absolute Gasteiger partial charge is 0.480 e. The average molecular weight is 143 g/mol. The molecule has 1 unspecified atom stereocenters. The Morgan fingerprint density at radius 1 is 1.60 bits per heavy atom. The van der Waals surface area contributed by atoms with Crippen molar-refractivity contribution >= 4 is 5.97 Å². The topological polar surface area (TPSA) is 83.5 Å². The summed E-state index contributed by atoms with van der Waals surface area (Å²) in [5.41, 5.74) is 5.07. The Morgan fingerprint density at radius 3 is 2.60 bits per heavy atom. The number of nitrogens with two attached hydrogens (primary N) is 1. The summed E-state index contributed by atoms with van der Waals surface area (Å²) in [6.45, 7) is -0.258. The monoisotopic (exact) mass is 143 g/mol.